The van der Waals surface area contributed by atoms with Crippen molar-refractivity contribution >= 4 is 11.9 Å². The van der Waals surface area contributed by atoms with Gasteiger partial charge in [0.05, 0.1) is 6.20 Å². The van der Waals surface area contributed by atoms with Crippen molar-refractivity contribution in [3.05, 3.63) is 54.6 Å². The second-order valence-electron chi connectivity index (χ2n) is 2.99. The maximum absolute atomic E-state index is 4.04. The van der Waals surface area contributed by atoms with E-state index in [1.807, 2.05) is 36.7 Å². The molecule has 16 heavy (non-hydrogen) atoms. The van der Waals surface area contributed by atoms with Crippen molar-refractivity contribution in [2.45, 2.75) is 0 Å². The van der Waals surface area contributed by atoms with E-state index in [0.717, 1.165) is 11.3 Å². The fourth-order valence-corrected chi connectivity index (χ4v) is 1.20. The third-order valence-corrected chi connectivity index (χ3v) is 1.91. The fraction of sp³-hybridized carbons (Fsp3) is 0. The van der Waals surface area contributed by atoms with Crippen molar-refractivity contribution < 1.29 is 0 Å². The summed E-state index contributed by atoms with van der Waals surface area (Å²) >= 11 is 0. The summed E-state index contributed by atoms with van der Waals surface area (Å²) in [5.74, 6) is 0. The smallest absolute Gasteiger partial charge is 0.0690 e. The lowest BCUT2D eigenvalue weighted by molar-refractivity contribution is 0.940. The number of rotatable bonds is 0. The van der Waals surface area contributed by atoms with Gasteiger partial charge in [-0.05, 0) is 6.07 Å². The number of H-pyrrole nitrogens is 1. The lowest BCUT2D eigenvalue weighted by Crippen LogP contribution is -1.89. The lowest BCUT2D eigenvalue weighted by atomic mass is 10.2. The highest BCUT2D eigenvalue weighted by Crippen LogP contribution is 2.13. The molecule has 1 aliphatic rings. The maximum Gasteiger partial charge on any atom is 0.0690 e. The van der Waals surface area contributed by atoms with Gasteiger partial charge in [-0.25, -0.2) is 0 Å². The molecule has 5 nitrogen and oxygen atoms in total. The van der Waals surface area contributed by atoms with Gasteiger partial charge in [0.25, 0.3) is 0 Å². The van der Waals surface area contributed by atoms with Gasteiger partial charge < -0.3 is 5.32 Å². The Morgan fingerprint density at radius 2 is 2.06 bits per heavy atom. The van der Waals surface area contributed by atoms with Gasteiger partial charge >= 0.3 is 0 Å². The predicted octanol–water partition coefficient (Wildman–Crippen LogP) is 1.81. The molecular weight excluding hydrogens is 202 g/mol. The molecular formula is C11H11N5. The first-order valence-electron chi connectivity index (χ1n) is 4.81. The Morgan fingerprint density at radius 1 is 1.12 bits per heavy atom. The molecule has 1 aliphatic heterocycles. The maximum atomic E-state index is 4.04. The molecule has 0 aliphatic carbocycles. The van der Waals surface area contributed by atoms with Gasteiger partial charge in [-0.15, -0.1) is 5.10 Å². The number of anilines is 1. The normalized spacial score (nSPS) is 11.8. The number of aliphatic imine (C=N–C) groups is 1. The van der Waals surface area contributed by atoms with Crippen molar-refractivity contribution in [1.29, 1.82) is 0 Å². The minimum Gasteiger partial charge on any atom is -0.360 e. The van der Waals surface area contributed by atoms with Crippen molar-refractivity contribution in [3.8, 4) is 0 Å². The zero-order valence-corrected chi connectivity index (χ0v) is 8.54. The van der Waals surface area contributed by atoms with Crippen molar-refractivity contribution in [2.24, 2.45) is 4.99 Å². The van der Waals surface area contributed by atoms with E-state index in [4.69, 9.17) is 0 Å². The highest BCUT2D eigenvalue weighted by molar-refractivity contribution is 5.88. The Labute approximate surface area is 92.9 Å². The summed E-state index contributed by atoms with van der Waals surface area (Å²) in [6.45, 7) is 0. The van der Waals surface area contributed by atoms with E-state index in [0.29, 0.717) is 0 Å². The zero-order valence-electron chi connectivity index (χ0n) is 8.54. The van der Waals surface area contributed by atoms with Crippen LogP contribution in [0, 0.1) is 0 Å². The van der Waals surface area contributed by atoms with E-state index in [-0.39, 0.29) is 0 Å². The number of hydrogen-bond acceptors (Lipinski definition) is 4. The molecule has 0 radical (unpaired) electrons. The molecule has 0 unspecified atom stereocenters. The van der Waals surface area contributed by atoms with Crippen LogP contribution in [-0.2, 0) is 0 Å². The number of hydrogen-bond donors (Lipinski definition) is 2. The van der Waals surface area contributed by atoms with Crippen LogP contribution in [0.3, 0.4) is 0 Å². The van der Waals surface area contributed by atoms with Crippen LogP contribution in [-0.4, -0.2) is 21.6 Å². The van der Waals surface area contributed by atoms with E-state index < -0.39 is 0 Å². The van der Waals surface area contributed by atoms with E-state index >= 15 is 0 Å². The summed E-state index contributed by atoms with van der Waals surface area (Å²) in [6.07, 6.45) is 8.63. The summed E-state index contributed by atoms with van der Waals surface area (Å²) in [5.41, 5.74) is 2.22. The average Bonchev–Trinajstić information content (AvgIpc) is 2.81. The van der Waals surface area contributed by atoms with Crippen molar-refractivity contribution in [1.82, 2.24) is 15.4 Å². The molecule has 80 valence electrons. The minimum atomic E-state index is 1.10. The van der Waals surface area contributed by atoms with Crippen molar-refractivity contribution in [2.75, 3.05) is 5.32 Å². The number of nitrogens with zero attached hydrogens (tertiary/aromatic N) is 3. The van der Waals surface area contributed by atoms with E-state index in [1.165, 1.54) is 0 Å². The van der Waals surface area contributed by atoms with Gasteiger partial charge in [0, 0.05) is 36.1 Å². The largest absolute Gasteiger partial charge is 0.360 e. The molecule has 0 fully saturated rings. The van der Waals surface area contributed by atoms with Crippen LogP contribution in [0.5, 0.6) is 0 Å². The molecule has 0 spiro atoms. The van der Waals surface area contributed by atoms with Crippen LogP contribution in [0.25, 0.3) is 0 Å². The Balaban J connectivity index is 0.000000162. The predicted molar refractivity (Wildman–Crippen MR) is 63.2 cm³/mol. The second-order valence-corrected chi connectivity index (χ2v) is 2.99. The molecule has 2 heterocycles. The number of benzene rings is 1. The van der Waals surface area contributed by atoms with E-state index in [1.54, 1.807) is 18.6 Å². The monoisotopic (exact) mass is 213 g/mol. The summed E-state index contributed by atoms with van der Waals surface area (Å²) in [5, 5.41) is 12.4. The van der Waals surface area contributed by atoms with Gasteiger partial charge in [-0.2, -0.15) is 0 Å². The number of aromatic amines is 1. The molecule has 0 atom stereocenters. The first-order valence-corrected chi connectivity index (χ1v) is 4.81. The number of para-hydroxylation sites is 1. The summed E-state index contributed by atoms with van der Waals surface area (Å²) in [4.78, 5) is 4.04. The lowest BCUT2D eigenvalue weighted by Gasteiger charge is -2.01. The third-order valence-electron chi connectivity index (χ3n) is 1.91. The quantitative estimate of drug-likeness (QED) is 0.701. The standard InChI is InChI=1S/C9H8N2.C2H3N3/c1-2-4-9-8(3-1)7-10-5-6-11-9;1-2-4-5-3-1/h1-7,11H;1-2H,(H,3,4,5). The Kier molecular flexibility index (Phi) is 3.44. The zero-order chi connectivity index (χ0) is 11.1. The van der Waals surface area contributed by atoms with Crippen LogP contribution in [0.15, 0.2) is 54.1 Å². The molecule has 0 saturated carbocycles. The Bertz CT molecular complexity index is 456. The molecule has 1 aromatic carbocycles. The minimum absolute atomic E-state index is 1.10. The third kappa shape index (κ3) is 2.78. The van der Waals surface area contributed by atoms with Crippen LogP contribution >= 0.6 is 0 Å². The van der Waals surface area contributed by atoms with Crippen molar-refractivity contribution in [3.63, 3.8) is 0 Å². The number of nitrogens with one attached hydrogen (secondary N) is 2. The number of aromatic nitrogens is 3. The van der Waals surface area contributed by atoms with E-state index in [9.17, 15) is 0 Å². The SMILES string of the molecule is C1=CNc2ccccc2C=N1.c1c[nH]nn1. The molecule has 0 amide bonds. The van der Waals surface area contributed by atoms with Gasteiger partial charge in [0.2, 0.25) is 0 Å². The van der Waals surface area contributed by atoms with Gasteiger partial charge in [-0.3, -0.25) is 10.1 Å². The summed E-state index contributed by atoms with van der Waals surface area (Å²) in [6, 6.07) is 8.05. The molecule has 3 rings (SSSR count). The summed E-state index contributed by atoms with van der Waals surface area (Å²) in [7, 11) is 0. The van der Waals surface area contributed by atoms with Crippen LogP contribution in [0.2, 0.25) is 0 Å². The fourth-order valence-electron chi connectivity index (χ4n) is 1.20. The van der Waals surface area contributed by atoms with E-state index in [2.05, 4.69) is 25.7 Å². The first-order chi connectivity index (χ1) is 7.97. The highest BCUT2D eigenvalue weighted by atomic mass is 15.3. The molecule has 0 bridgehead atoms. The first kappa shape index (κ1) is 10.1. The molecule has 1 aromatic heterocycles. The van der Waals surface area contributed by atoms with Gasteiger partial charge in [0.15, 0.2) is 0 Å². The topological polar surface area (TPSA) is 66.0 Å². The summed E-state index contributed by atoms with van der Waals surface area (Å²) < 4.78 is 0. The number of fused-ring (bicyclic) bond motifs is 1. The van der Waals surface area contributed by atoms with Crippen LogP contribution < -0.4 is 5.32 Å². The van der Waals surface area contributed by atoms with Crippen LogP contribution in [0.4, 0.5) is 5.69 Å². The van der Waals surface area contributed by atoms with Gasteiger partial charge in [-0.1, -0.05) is 23.4 Å². The van der Waals surface area contributed by atoms with Crippen LogP contribution in [0.1, 0.15) is 5.56 Å². The molecule has 2 N–H and O–H groups in total. The van der Waals surface area contributed by atoms with Gasteiger partial charge in [0.1, 0.15) is 0 Å². The second kappa shape index (κ2) is 5.45. The highest BCUT2D eigenvalue weighted by Gasteiger charge is 1.96. The Hall–Kier alpha value is -2.43. The molecule has 0 saturated heterocycles. The molecule has 5 heteroatoms. The molecule has 2 aromatic rings. The Morgan fingerprint density at radius 3 is 2.81 bits per heavy atom. The average molecular weight is 213 g/mol.